The van der Waals surface area contributed by atoms with Gasteiger partial charge in [0.15, 0.2) is 0 Å². The highest BCUT2D eigenvalue weighted by Gasteiger charge is 2.28. The molecule has 1 atom stereocenters. The van der Waals surface area contributed by atoms with Gasteiger partial charge >= 0.3 is 5.97 Å². The van der Waals surface area contributed by atoms with Crippen LogP contribution in [0.15, 0.2) is 24.3 Å². The molecule has 1 heterocycles. The molecule has 1 N–H and O–H groups in total. The molecule has 1 saturated carbocycles. The van der Waals surface area contributed by atoms with Crippen LogP contribution in [0.4, 0.5) is 0 Å². The van der Waals surface area contributed by atoms with E-state index in [-0.39, 0.29) is 5.91 Å². The van der Waals surface area contributed by atoms with Crippen molar-refractivity contribution in [2.24, 2.45) is 11.8 Å². The van der Waals surface area contributed by atoms with E-state index < -0.39 is 11.9 Å². The first kappa shape index (κ1) is 14.9. The molecule has 0 unspecified atom stereocenters. The summed E-state index contributed by atoms with van der Waals surface area (Å²) in [7, 11) is 0. The minimum atomic E-state index is -0.818. The molecule has 22 heavy (non-hydrogen) atoms. The van der Waals surface area contributed by atoms with Crippen LogP contribution in [0.25, 0.3) is 0 Å². The zero-order chi connectivity index (χ0) is 15.5. The summed E-state index contributed by atoms with van der Waals surface area (Å²) in [6.45, 7) is 1.68. The number of likely N-dealkylation sites (tertiary alicyclic amines) is 1. The lowest BCUT2D eigenvalue weighted by Crippen LogP contribution is -2.42. The van der Waals surface area contributed by atoms with Gasteiger partial charge in [0, 0.05) is 18.7 Å². The van der Waals surface area contributed by atoms with Crippen LogP contribution in [0.5, 0.6) is 5.75 Å². The number of rotatable bonds is 5. The zero-order valence-corrected chi connectivity index (χ0v) is 12.5. The number of carbonyl (C=O) groups is 2. The average Bonchev–Trinajstić information content (AvgIpc) is 3.37. The van der Waals surface area contributed by atoms with Crippen molar-refractivity contribution >= 4 is 11.9 Å². The fourth-order valence-corrected chi connectivity index (χ4v) is 2.74. The third kappa shape index (κ3) is 3.59. The van der Waals surface area contributed by atoms with E-state index in [9.17, 15) is 9.59 Å². The molecular formula is C17H21NO4. The molecule has 1 amide bonds. The largest absolute Gasteiger partial charge is 0.493 e. The number of piperidine rings is 1. The molecule has 1 aromatic rings. The van der Waals surface area contributed by atoms with Crippen LogP contribution in [0.1, 0.15) is 36.0 Å². The van der Waals surface area contributed by atoms with Crippen LogP contribution >= 0.6 is 0 Å². The van der Waals surface area contributed by atoms with Crippen molar-refractivity contribution < 1.29 is 19.4 Å². The molecule has 1 saturated heterocycles. The van der Waals surface area contributed by atoms with Gasteiger partial charge in [0.25, 0.3) is 5.91 Å². The van der Waals surface area contributed by atoms with Gasteiger partial charge in [-0.1, -0.05) is 0 Å². The number of carboxylic acids is 1. The Balaban J connectivity index is 1.59. The van der Waals surface area contributed by atoms with Gasteiger partial charge in [-0.05, 0) is 55.9 Å². The highest BCUT2D eigenvalue weighted by Crippen LogP contribution is 2.29. The van der Waals surface area contributed by atoms with Crippen molar-refractivity contribution in [1.29, 1.82) is 0 Å². The van der Waals surface area contributed by atoms with Crippen LogP contribution in [0, 0.1) is 11.8 Å². The number of ether oxygens (including phenoxy) is 1. The zero-order valence-electron chi connectivity index (χ0n) is 12.5. The molecule has 1 aromatic carbocycles. The molecular weight excluding hydrogens is 282 g/mol. The first-order chi connectivity index (χ1) is 10.6. The fraction of sp³-hybridized carbons (Fsp3) is 0.529. The SMILES string of the molecule is O=C(O)[C@@H]1CCCN(C(=O)c2ccc(OCC3CC3)cc2)C1. The molecule has 1 aliphatic carbocycles. The Morgan fingerprint density at radius 1 is 1.18 bits per heavy atom. The van der Waals surface area contributed by atoms with E-state index >= 15 is 0 Å². The maximum Gasteiger partial charge on any atom is 0.308 e. The lowest BCUT2D eigenvalue weighted by Gasteiger charge is -2.30. The van der Waals surface area contributed by atoms with E-state index in [1.165, 1.54) is 12.8 Å². The molecule has 5 nitrogen and oxygen atoms in total. The van der Waals surface area contributed by atoms with Gasteiger partial charge < -0.3 is 14.7 Å². The van der Waals surface area contributed by atoms with Gasteiger partial charge in [-0.3, -0.25) is 9.59 Å². The minimum Gasteiger partial charge on any atom is -0.493 e. The standard InChI is InChI=1S/C17H21NO4/c19-16(18-9-1-2-14(10-18)17(20)21)13-5-7-15(8-6-13)22-11-12-3-4-12/h5-8,12,14H,1-4,9-11H2,(H,20,21)/t14-/m1/s1. The highest BCUT2D eigenvalue weighted by atomic mass is 16.5. The van der Waals surface area contributed by atoms with E-state index in [4.69, 9.17) is 9.84 Å². The van der Waals surface area contributed by atoms with Crippen molar-refractivity contribution in [3.63, 3.8) is 0 Å². The van der Waals surface area contributed by atoms with Crippen molar-refractivity contribution in [3.8, 4) is 5.75 Å². The van der Waals surface area contributed by atoms with Crippen molar-refractivity contribution in [1.82, 2.24) is 4.90 Å². The molecule has 2 fully saturated rings. The first-order valence-corrected chi connectivity index (χ1v) is 7.88. The average molecular weight is 303 g/mol. The Morgan fingerprint density at radius 3 is 2.55 bits per heavy atom. The summed E-state index contributed by atoms with van der Waals surface area (Å²) in [4.78, 5) is 25.2. The molecule has 118 valence electrons. The number of carboxylic acid groups (broad SMARTS) is 1. The Bertz CT molecular complexity index is 550. The fourth-order valence-electron chi connectivity index (χ4n) is 2.74. The second kappa shape index (κ2) is 6.38. The molecule has 0 spiro atoms. The van der Waals surface area contributed by atoms with E-state index in [0.29, 0.717) is 31.0 Å². The van der Waals surface area contributed by atoms with E-state index in [1.807, 2.05) is 12.1 Å². The monoisotopic (exact) mass is 303 g/mol. The maximum absolute atomic E-state index is 12.4. The lowest BCUT2D eigenvalue weighted by atomic mass is 9.97. The molecule has 0 bridgehead atoms. The van der Waals surface area contributed by atoms with Crippen LogP contribution < -0.4 is 4.74 Å². The Hall–Kier alpha value is -2.04. The molecule has 0 aromatic heterocycles. The second-order valence-electron chi connectivity index (χ2n) is 6.21. The summed E-state index contributed by atoms with van der Waals surface area (Å²) in [6.07, 6.45) is 3.88. The van der Waals surface area contributed by atoms with E-state index in [2.05, 4.69) is 0 Å². The number of aliphatic carboxylic acids is 1. The van der Waals surface area contributed by atoms with Gasteiger partial charge in [-0.15, -0.1) is 0 Å². The van der Waals surface area contributed by atoms with Gasteiger partial charge in [-0.25, -0.2) is 0 Å². The van der Waals surface area contributed by atoms with Crippen molar-refractivity contribution in [2.75, 3.05) is 19.7 Å². The maximum atomic E-state index is 12.4. The van der Waals surface area contributed by atoms with Gasteiger partial charge in [0.2, 0.25) is 0 Å². The highest BCUT2D eigenvalue weighted by molar-refractivity contribution is 5.94. The summed E-state index contributed by atoms with van der Waals surface area (Å²) in [5, 5.41) is 9.10. The third-order valence-electron chi connectivity index (χ3n) is 4.34. The summed E-state index contributed by atoms with van der Waals surface area (Å²) < 4.78 is 5.66. The number of hydrogen-bond donors (Lipinski definition) is 1. The van der Waals surface area contributed by atoms with Crippen LogP contribution in [-0.2, 0) is 4.79 Å². The quantitative estimate of drug-likeness (QED) is 0.907. The van der Waals surface area contributed by atoms with Crippen molar-refractivity contribution in [3.05, 3.63) is 29.8 Å². The van der Waals surface area contributed by atoms with Crippen molar-refractivity contribution in [2.45, 2.75) is 25.7 Å². The number of hydrogen-bond acceptors (Lipinski definition) is 3. The molecule has 3 rings (SSSR count). The van der Waals surface area contributed by atoms with Crippen LogP contribution in [0.3, 0.4) is 0 Å². The number of carbonyl (C=O) groups excluding carboxylic acids is 1. The van der Waals surface area contributed by atoms with Gasteiger partial charge in [-0.2, -0.15) is 0 Å². The van der Waals surface area contributed by atoms with Crippen LogP contribution in [0.2, 0.25) is 0 Å². The number of benzene rings is 1. The van der Waals surface area contributed by atoms with E-state index in [0.717, 1.165) is 18.8 Å². The Labute approximate surface area is 129 Å². The lowest BCUT2D eigenvalue weighted by molar-refractivity contribution is -0.143. The van der Waals surface area contributed by atoms with Crippen LogP contribution in [-0.4, -0.2) is 41.6 Å². The van der Waals surface area contributed by atoms with Gasteiger partial charge in [0.1, 0.15) is 5.75 Å². The molecule has 1 aliphatic heterocycles. The molecule has 0 radical (unpaired) electrons. The number of nitrogens with zero attached hydrogens (tertiary/aromatic N) is 1. The third-order valence-corrected chi connectivity index (χ3v) is 4.34. The summed E-state index contributed by atoms with van der Waals surface area (Å²) >= 11 is 0. The predicted octanol–water partition coefficient (Wildman–Crippen LogP) is 2.41. The normalized spacial score (nSPS) is 21.5. The first-order valence-electron chi connectivity index (χ1n) is 7.88. The molecule has 2 aliphatic rings. The summed E-state index contributed by atoms with van der Waals surface area (Å²) in [5.74, 6) is 0.119. The molecule has 5 heteroatoms. The smallest absolute Gasteiger partial charge is 0.308 e. The second-order valence-corrected chi connectivity index (χ2v) is 6.21. The summed E-state index contributed by atoms with van der Waals surface area (Å²) in [5.41, 5.74) is 0.588. The Morgan fingerprint density at radius 2 is 1.91 bits per heavy atom. The minimum absolute atomic E-state index is 0.0975. The Kier molecular flexibility index (Phi) is 4.32. The van der Waals surface area contributed by atoms with E-state index in [1.54, 1.807) is 17.0 Å². The number of amides is 1. The predicted molar refractivity (Wildman–Crippen MR) is 80.9 cm³/mol. The topological polar surface area (TPSA) is 66.8 Å². The van der Waals surface area contributed by atoms with Gasteiger partial charge in [0.05, 0.1) is 12.5 Å². The summed E-state index contributed by atoms with van der Waals surface area (Å²) in [6, 6.07) is 7.15.